The summed E-state index contributed by atoms with van der Waals surface area (Å²) in [5, 5.41) is 12.9. The second kappa shape index (κ2) is 12.7. The smallest absolute Gasteiger partial charge is 0.303 e. The van der Waals surface area contributed by atoms with Crippen LogP contribution in [0.25, 0.3) is 0 Å². The molecule has 3 aromatic rings. The minimum atomic E-state index is -0.799. The van der Waals surface area contributed by atoms with Crippen LogP contribution in [0.4, 0.5) is 0 Å². The van der Waals surface area contributed by atoms with Crippen LogP contribution in [-0.4, -0.2) is 30.0 Å². The van der Waals surface area contributed by atoms with Gasteiger partial charge in [0.15, 0.2) is 0 Å². The van der Waals surface area contributed by atoms with Gasteiger partial charge in [-0.05, 0) is 41.8 Å². The Bertz CT molecular complexity index is 1040. The predicted molar refractivity (Wildman–Crippen MR) is 128 cm³/mol. The fourth-order valence-corrected chi connectivity index (χ4v) is 2.96. The molecule has 0 amide bonds. The molecule has 0 unspecified atom stereocenters. The normalized spacial score (nSPS) is 11.0. The van der Waals surface area contributed by atoms with Crippen molar-refractivity contribution in [3.05, 3.63) is 108 Å². The lowest BCUT2D eigenvalue weighted by atomic mass is 10.1. The Balaban J connectivity index is 1.51. The van der Waals surface area contributed by atoms with Crippen molar-refractivity contribution in [1.82, 2.24) is 0 Å². The number of hydrogen-bond acceptors (Lipinski definition) is 5. The zero-order chi connectivity index (χ0) is 23.3. The van der Waals surface area contributed by atoms with Crippen molar-refractivity contribution in [3.8, 4) is 11.5 Å². The molecule has 0 saturated heterocycles. The molecule has 3 rings (SSSR count). The summed E-state index contributed by atoms with van der Waals surface area (Å²) in [4.78, 5) is 15.9. The van der Waals surface area contributed by atoms with Crippen LogP contribution in [0.2, 0.25) is 0 Å². The van der Waals surface area contributed by atoms with Crippen LogP contribution in [0.3, 0.4) is 0 Å². The zero-order valence-corrected chi connectivity index (χ0v) is 18.4. The Morgan fingerprint density at radius 1 is 0.879 bits per heavy atom. The van der Waals surface area contributed by atoms with E-state index in [9.17, 15) is 4.79 Å². The summed E-state index contributed by atoms with van der Waals surface area (Å²) >= 11 is 0. The molecule has 0 spiro atoms. The molecular weight excluding hydrogens is 418 g/mol. The number of carboxylic acids is 1. The number of aryl methyl sites for hydroxylation is 1. The Morgan fingerprint density at radius 2 is 1.52 bits per heavy atom. The summed E-state index contributed by atoms with van der Waals surface area (Å²) in [5.74, 6) is 0.652. The molecule has 0 aliphatic carbocycles. The number of benzene rings is 3. The number of hydrogen-bond donors (Lipinski definition) is 1. The van der Waals surface area contributed by atoms with E-state index in [0.29, 0.717) is 31.1 Å². The first-order valence-electron chi connectivity index (χ1n) is 10.6. The van der Waals surface area contributed by atoms with Crippen molar-refractivity contribution < 1.29 is 24.2 Å². The third-order valence-electron chi connectivity index (χ3n) is 4.73. The molecule has 0 atom stereocenters. The molecule has 6 heteroatoms. The highest BCUT2D eigenvalue weighted by Gasteiger charge is 2.07. The van der Waals surface area contributed by atoms with Gasteiger partial charge in [0.2, 0.25) is 0 Å². The lowest BCUT2D eigenvalue weighted by Gasteiger charge is -2.11. The maximum Gasteiger partial charge on any atom is 0.303 e. The molecular formula is C27H27NO5. The molecule has 33 heavy (non-hydrogen) atoms. The molecule has 6 nitrogen and oxygen atoms in total. The van der Waals surface area contributed by atoms with Gasteiger partial charge in [0, 0.05) is 12.0 Å². The fourth-order valence-electron chi connectivity index (χ4n) is 2.96. The van der Waals surface area contributed by atoms with Crippen LogP contribution < -0.4 is 9.47 Å². The molecule has 0 aliphatic heterocycles. The average molecular weight is 446 g/mol. The number of carbonyl (C=O) groups is 1. The fraction of sp³-hybridized carbons (Fsp3) is 0.185. The van der Waals surface area contributed by atoms with E-state index >= 15 is 0 Å². The van der Waals surface area contributed by atoms with E-state index in [-0.39, 0.29) is 13.0 Å². The monoisotopic (exact) mass is 445 g/mol. The van der Waals surface area contributed by atoms with E-state index in [4.69, 9.17) is 19.4 Å². The van der Waals surface area contributed by atoms with E-state index in [1.165, 1.54) is 0 Å². The molecule has 3 aromatic carbocycles. The quantitative estimate of drug-likeness (QED) is 0.168. The number of aliphatic carboxylic acids is 1. The number of ether oxygens (including phenoxy) is 2. The van der Waals surface area contributed by atoms with Crippen LogP contribution in [0.15, 0.2) is 96.7 Å². The minimum absolute atomic E-state index is 0.120. The third-order valence-corrected chi connectivity index (χ3v) is 4.73. The highest BCUT2D eigenvalue weighted by atomic mass is 16.6. The van der Waals surface area contributed by atoms with Crippen LogP contribution in [0.1, 0.15) is 23.1 Å². The van der Waals surface area contributed by atoms with Gasteiger partial charge in [0.25, 0.3) is 0 Å². The van der Waals surface area contributed by atoms with Gasteiger partial charge in [-0.25, -0.2) is 0 Å². The second-order valence-corrected chi connectivity index (χ2v) is 7.25. The Kier molecular flexibility index (Phi) is 9.09. The van der Waals surface area contributed by atoms with Gasteiger partial charge < -0.3 is 19.4 Å². The van der Waals surface area contributed by atoms with E-state index in [1.54, 1.807) is 6.08 Å². The van der Waals surface area contributed by atoms with Crippen LogP contribution >= 0.6 is 0 Å². The van der Waals surface area contributed by atoms with Crippen LogP contribution in [0, 0.1) is 0 Å². The molecule has 170 valence electrons. The van der Waals surface area contributed by atoms with E-state index < -0.39 is 5.97 Å². The standard InChI is InChI=1S/C27H27NO5/c1-2-18-33-28-26(23-6-4-3-5-7-23)20-32-25-15-10-22(11-16-25)19-31-24-13-8-21(9-14-24)12-17-27(29)30/h2-11,13-16H,1,12,17-20H2,(H,29,30). The van der Waals surface area contributed by atoms with E-state index in [1.807, 2.05) is 78.9 Å². The number of oxime groups is 1. The van der Waals surface area contributed by atoms with Gasteiger partial charge in [-0.3, -0.25) is 4.79 Å². The van der Waals surface area contributed by atoms with Crippen LogP contribution in [0.5, 0.6) is 11.5 Å². The summed E-state index contributed by atoms with van der Waals surface area (Å²) in [5.41, 5.74) is 3.60. The van der Waals surface area contributed by atoms with Gasteiger partial charge >= 0.3 is 5.97 Å². The molecule has 0 radical (unpaired) electrons. The lowest BCUT2D eigenvalue weighted by Crippen LogP contribution is -2.14. The molecule has 0 saturated carbocycles. The molecule has 1 N–H and O–H groups in total. The molecule has 0 bridgehead atoms. The molecule has 0 aromatic heterocycles. The molecule has 0 heterocycles. The highest BCUT2D eigenvalue weighted by molar-refractivity contribution is 6.01. The number of rotatable bonds is 13. The summed E-state index contributed by atoms with van der Waals surface area (Å²) in [6, 6.07) is 24.9. The maximum atomic E-state index is 10.7. The van der Waals surface area contributed by atoms with Gasteiger partial charge in [0.05, 0.1) is 0 Å². The number of carboxylic acid groups (broad SMARTS) is 1. The van der Waals surface area contributed by atoms with Crippen molar-refractivity contribution >= 4 is 11.7 Å². The lowest BCUT2D eigenvalue weighted by molar-refractivity contribution is -0.136. The summed E-state index contributed by atoms with van der Waals surface area (Å²) < 4.78 is 11.7. The zero-order valence-electron chi connectivity index (χ0n) is 18.4. The molecule has 0 aliphatic rings. The first-order chi connectivity index (χ1) is 16.1. The first-order valence-corrected chi connectivity index (χ1v) is 10.6. The highest BCUT2D eigenvalue weighted by Crippen LogP contribution is 2.17. The largest absolute Gasteiger partial charge is 0.489 e. The Morgan fingerprint density at radius 3 is 2.15 bits per heavy atom. The summed E-state index contributed by atoms with van der Waals surface area (Å²) in [6.07, 6.45) is 2.27. The van der Waals surface area contributed by atoms with Crippen molar-refractivity contribution in [3.63, 3.8) is 0 Å². The van der Waals surface area contributed by atoms with Crippen molar-refractivity contribution in [1.29, 1.82) is 0 Å². The Hall–Kier alpha value is -4.06. The second-order valence-electron chi connectivity index (χ2n) is 7.25. The SMILES string of the molecule is C=CCON=C(COc1ccc(COc2ccc(CCC(=O)O)cc2)cc1)c1ccccc1. The van der Waals surface area contributed by atoms with E-state index in [0.717, 1.165) is 22.4 Å². The topological polar surface area (TPSA) is 77.3 Å². The van der Waals surface area contributed by atoms with Crippen molar-refractivity contribution in [2.75, 3.05) is 13.2 Å². The summed E-state index contributed by atoms with van der Waals surface area (Å²) in [6.45, 7) is 4.64. The molecule has 0 fully saturated rings. The first kappa shape index (κ1) is 23.6. The van der Waals surface area contributed by atoms with Crippen molar-refractivity contribution in [2.24, 2.45) is 5.16 Å². The third kappa shape index (κ3) is 8.18. The van der Waals surface area contributed by atoms with Gasteiger partial charge in [0.1, 0.15) is 37.0 Å². The number of nitrogens with zero attached hydrogens (tertiary/aromatic N) is 1. The minimum Gasteiger partial charge on any atom is -0.489 e. The van der Waals surface area contributed by atoms with Gasteiger partial charge in [-0.2, -0.15) is 0 Å². The van der Waals surface area contributed by atoms with E-state index in [2.05, 4.69) is 11.7 Å². The Labute approximate surface area is 193 Å². The summed E-state index contributed by atoms with van der Waals surface area (Å²) in [7, 11) is 0. The maximum absolute atomic E-state index is 10.7. The average Bonchev–Trinajstić information content (AvgIpc) is 2.85. The predicted octanol–water partition coefficient (Wildman–Crippen LogP) is 5.27. The van der Waals surface area contributed by atoms with Gasteiger partial charge in [-0.15, -0.1) is 0 Å². The van der Waals surface area contributed by atoms with Crippen LogP contribution in [-0.2, 0) is 22.7 Å². The van der Waals surface area contributed by atoms with Crippen molar-refractivity contribution in [2.45, 2.75) is 19.4 Å². The van der Waals surface area contributed by atoms with Gasteiger partial charge in [-0.1, -0.05) is 72.4 Å².